The summed E-state index contributed by atoms with van der Waals surface area (Å²) in [5, 5.41) is 11.3. The van der Waals surface area contributed by atoms with Gasteiger partial charge in [-0.3, -0.25) is 5.10 Å². The highest BCUT2D eigenvalue weighted by molar-refractivity contribution is 7.12. The Hall–Kier alpha value is -1.27. The third kappa shape index (κ3) is 3.39. The highest BCUT2D eigenvalue weighted by Crippen LogP contribution is 2.32. The fraction of sp³-hybridized carbons (Fsp3) is 0.615. The van der Waals surface area contributed by atoms with Crippen LogP contribution in [0.25, 0.3) is 0 Å². The molecule has 2 aromatic heterocycles. The van der Waals surface area contributed by atoms with Gasteiger partial charge in [-0.05, 0) is 13.8 Å². The van der Waals surface area contributed by atoms with Gasteiger partial charge in [0.2, 0.25) is 0 Å². The molecule has 0 aliphatic carbocycles. The Kier molecular flexibility index (Phi) is 4.01. The minimum atomic E-state index is 0.109. The fourth-order valence-corrected chi connectivity index (χ4v) is 2.94. The lowest BCUT2D eigenvalue weighted by atomic mass is 9.98. The van der Waals surface area contributed by atoms with E-state index in [9.17, 15) is 0 Å². The molecule has 0 aliphatic rings. The first-order chi connectivity index (χ1) is 8.88. The standard InChI is InChI=1S/C13H21N5S/c1-8(14-6-10-15-7-16-18-10)11-9(2)17-12(19-11)13(3,4)5/h7-8,14H,6H2,1-5H3,(H,15,16,18). The van der Waals surface area contributed by atoms with Crippen LogP contribution in [0.4, 0.5) is 0 Å². The molecular formula is C13H21N5S. The Balaban J connectivity index is 2.06. The molecule has 2 rings (SSSR count). The Bertz CT molecular complexity index is 524. The molecule has 2 N–H and O–H groups in total. The first kappa shape index (κ1) is 14.1. The van der Waals surface area contributed by atoms with E-state index in [2.05, 4.69) is 55.1 Å². The van der Waals surface area contributed by atoms with Gasteiger partial charge in [-0.2, -0.15) is 5.10 Å². The third-order valence-corrected chi connectivity index (χ3v) is 4.67. The van der Waals surface area contributed by atoms with Gasteiger partial charge in [-0.1, -0.05) is 20.8 Å². The number of nitrogens with one attached hydrogen (secondary N) is 2. The van der Waals surface area contributed by atoms with Crippen LogP contribution in [0.2, 0.25) is 0 Å². The van der Waals surface area contributed by atoms with Crippen molar-refractivity contribution in [2.45, 2.75) is 52.6 Å². The molecule has 1 unspecified atom stereocenters. The predicted octanol–water partition coefficient (Wildman–Crippen LogP) is 2.72. The van der Waals surface area contributed by atoms with E-state index in [1.54, 1.807) is 11.3 Å². The molecule has 5 nitrogen and oxygen atoms in total. The van der Waals surface area contributed by atoms with Gasteiger partial charge in [-0.15, -0.1) is 11.3 Å². The van der Waals surface area contributed by atoms with Gasteiger partial charge in [0, 0.05) is 16.3 Å². The lowest BCUT2D eigenvalue weighted by molar-refractivity contribution is 0.564. The first-order valence-corrected chi connectivity index (χ1v) is 7.25. The summed E-state index contributed by atoms with van der Waals surface area (Å²) in [6.45, 7) is 11.5. The molecule has 0 aliphatic heterocycles. The first-order valence-electron chi connectivity index (χ1n) is 6.43. The Labute approximate surface area is 117 Å². The Morgan fingerprint density at radius 2 is 2.16 bits per heavy atom. The summed E-state index contributed by atoms with van der Waals surface area (Å²) in [5.41, 5.74) is 1.23. The molecular weight excluding hydrogens is 258 g/mol. The van der Waals surface area contributed by atoms with Crippen LogP contribution < -0.4 is 5.32 Å². The van der Waals surface area contributed by atoms with Crippen LogP contribution in [-0.4, -0.2) is 20.2 Å². The average Bonchev–Trinajstić information content (AvgIpc) is 2.93. The molecule has 0 amide bonds. The molecule has 0 radical (unpaired) electrons. The zero-order valence-electron chi connectivity index (χ0n) is 12.1. The summed E-state index contributed by atoms with van der Waals surface area (Å²) < 4.78 is 0. The highest BCUT2D eigenvalue weighted by Gasteiger charge is 2.22. The molecule has 19 heavy (non-hydrogen) atoms. The molecule has 2 aromatic rings. The van der Waals surface area contributed by atoms with Gasteiger partial charge in [0.25, 0.3) is 0 Å². The Morgan fingerprint density at radius 1 is 1.42 bits per heavy atom. The number of H-pyrrole nitrogens is 1. The lowest BCUT2D eigenvalue weighted by Crippen LogP contribution is -2.18. The van der Waals surface area contributed by atoms with Gasteiger partial charge in [-0.25, -0.2) is 9.97 Å². The van der Waals surface area contributed by atoms with Gasteiger partial charge >= 0.3 is 0 Å². The summed E-state index contributed by atoms with van der Waals surface area (Å²) in [4.78, 5) is 10.1. The van der Waals surface area contributed by atoms with Crippen molar-refractivity contribution in [2.75, 3.05) is 0 Å². The molecule has 0 aromatic carbocycles. The van der Waals surface area contributed by atoms with E-state index in [0.717, 1.165) is 11.5 Å². The summed E-state index contributed by atoms with van der Waals surface area (Å²) in [7, 11) is 0. The lowest BCUT2D eigenvalue weighted by Gasteiger charge is -2.14. The van der Waals surface area contributed by atoms with Crippen LogP contribution in [0.3, 0.4) is 0 Å². The van der Waals surface area contributed by atoms with Gasteiger partial charge < -0.3 is 5.32 Å². The molecule has 0 saturated carbocycles. The second kappa shape index (κ2) is 5.38. The molecule has 1 atom stereocenters. The zero-order valence-corrected chi connectivity index (χ0v) is 12.9. The van der Waals surface area contributed by atoms with E-state index >= 15 is 0 Å². The van der Waals surface area contributed by atoms with Gasteiger partial charge in [0.1, 0.15) is 12.2 Å². The van der Waals surface area contributed by atoms with Crippen LogP contribution in [0.5, 0.6) is 0 Å². The third-order valence-electron chi connectivity index (χ3n) is 2.91. The van der Waals surface area contributed by atoms with Crippen LogP contribution >= 0.6 is 11.3 Å². The quantitative estimate of drug-likeness (QED) is 0.903. The summed E-state index contributed by atoms with van der Waals surface area (Å²) >= 11 is 1.79. The molecule has 0 bridgehead atoms. The fourth-order valence-electron chi connectivity index (χ4n) is 1.79. The second-order valence-electron chi connectivity index (χ2n) is 5.75. The molecule has 6 heteroatoms. The molecule has 0 saturated heterocycles. The zero-order chi connectivity index (χ0) is 14.0. The van der Waals surface area contributed by atoms with Crippen LogP contribution in [0, 0.1) is 6.92 Å². The normalized spacial score (nSPS) is 13.7. The van der Waals surface area contributed by atoms with Crippen LogP contribution in [0.1, 0.15) is 55.1 Å². The van der Waals surface area contributed by atoms with Gasteiger partial charge in [0.15, 0.2) is 0 Å². The minimum absolute atomic E-state index is 0.109. The van der Waals surface area contributed by atoms with Crippen molar-refractivity contribution < 1.29 is 0 Å². The van der Waals surface area contributed by atoms with Crippen molar-refractivity contribution in [3.05, 3.63) is 27.7 Å². The van der Waals surface area contributed by atoms with E-state index in [1.165, 1.54) is 16.2 Å². The van der Waals surface area contributed by atoms with Crippen molar-refractivity contribution in [2.24, 2.45) is 0 Å². The van der Waals surface area contributed by atoms with Crippen molar-refractivity contribution in [1.29, 1.82) is 0 Å². The number of aromatic amines is 1. The van der Waals surface area contributed by atoms with E-state index < -0.39 is 0 Å². The number of nitrogens with zero attached hydrogens (tertiary/aromatic N) is 3. The average molecular weight is 279 g/mol. The summed E-state index contributed by atoms with van der Waals surface area (Å²) in [6, 6.07) is 0.263. The number of hydrogen-bond acceptors (Lipinski definition) is 5. The van der Waals surface area contributed by atoms with Crippen LogP contribution in [0.15, 0.2) is 6.33 Å². The highest BCUT2D eigenvalue weighted by atomic mass is 32.1. The topological polar surface area (TPSA) is 66.5 Å². The maximum atomic E-state index is 4.69. The van der Waals surface area contributed by atoms with Gasteiger partial charge in [0.05, 0.1) is 17.2 Å². The maximum Gasteiger partial charge on any atom is 0.138 e. The number of hydrogen-bond donors (Lipinski definition) is 2. The predicted molar refractivity (Wildman–Crippen MR) is 77.2 cm³/mol. The molecule has 0 spiro atoms. The smallest absolute Gasteiger partial charge is 0.138 e. The van der Waals surface area contributed by atoms with E-state index in [0.29, 0.717) is 6.54 Å². The minimum Gasteiger partial charge on any atom is -0.302 e. The van der Waals surface area contributed by atoms with Crippen molar-refractivity contribution >= 4 is 11.3 Å². The van der Waals surface area contributed by atoms with E-state index in [1.807, 2.05) is 0 Å². The number of rotatable bonds is 4. The van der Waals surface area contributed by atoms with Crippen LogP contribution in [-0.2, 0) is 12.0 Å². The number of thiazole rings is 1. The monoisotopic (exact) mass is 279 g/mol. The Morgan fingerprint density at radius 3 is 2.68 bits per heavy atom. The van der Waals surface area contributed by atoms with Crippen molar-refractivity contribution in [3.63, 3.8) is 0 Å². The SMILES string of the molecule is Cc1nc(C(C)(C)C)sc1C(C)NCc1ncn[nH]1. The molecule has 104 valence electrons. The van der Waals surface area contributed by atoms with Crippen molar-refractivity contribution in [1.82, 2.24) is 25.5 Å². The number of aryl methyl sites for hydroxylation is 1. The van der Waals surface area contributed by atoms with E-state index in [4.69, 9.17) is 4.98 Å². The summed E-state index contributed by atoms with van der Waals surface area (Å²) in [6.07, 6.45) is 1.53. The second-order valence-corrected chi connectivity index (χ2v) is 6.78. The largest absolute Gasteiger partial charge is 0.302 e. The summed E-state index contributed by atoms with van der Waals surface area (Å²) in [5.74, 6) is 0.852. The maximum absolute atomic E-state index is 4.69. The van der Waals surface area contributed by atoms with Crippen molar-refractivity contribution in [3.8, 4) is 0 Å². The van der Waals surface area contributed by atoms with E-state index in [-0.39, 0.29) is 11.5 Å². The molecule has 0 fully saturated rings. The molecule has 2 heterocycles. The number of aromatic nitrogens is 4.